The SMILES string of the molecule is COC(C)(CC(C)C#N)OC. The molecule has 0 amide bonds. The van der Waals surface area contributed by atoms with E-state index in [1.54, 1.807) is 14.2 Å². The normalized spacial score (nSPS) is 14.1. The Hall–Kier alpha value is -0.590. The van der Waals surface area contributed by atoms with Gasteiger partial charge in [-0.05, 0) is 13.8 Å². The van der Waals surface area contributed by atoms with Gasteiger partial charge in [0.2, 0.25) is 0 Å². The van der Waals surface area contributed by atoms with E-state index in [0.29, 0.717) is 6.42 Å². The molecule has 3 heteroatoms. The summed E-state index contributed by atoms with van der Waals surface area (Å²) in [5, 5.41) is 8.53. The van der Waals surface area contributed by atoms with Crippen LogP contribution in [-0.2, 0) is 9.47 Å². The summed E-state index contributed by atoms with van der Waals surface area (Å²) < 4.78 is 10.2. The molecule has 0 spiro atoms. The van der Waals surface area contributed by atoms with E-state index in [2.05, 4.69) is 6.07 Å². The van der Waals surface area contributed by atoms with Crippen LogP contribution in [0.3, 0.4) is 0 Å². The first kappa shape index (κ1) is 10.4. The zero-order valence-electron chi connectivity index (χ0n) is 7.55. The second-order valence-electron chi connectivity index (χ2n) is 2.78. The van der Waals surface area contributed by atoms with Crippen molar-refractivity contribution in [2.45, 2.75) is 26.1 Å². The quantitative estimate of drug-likeness (QED) is 0.581. The Bertz CT molecular complexity index is 147. The van der Waals surface area contributed by atoms with E-state index in [9.17, 15) is 0 Å². The van der Waals surface area contributed by atoms with Crippen LogP contribution in [0, 0.1) is 17.2 Å². The third kappa shape index (κ3) is 3.35. The molecular weight excluding hydrogens is 142 g/mol. The zero-order valence-corrected chi connectivity index (χ0v) is 7.55. The maximum atomic E-state index is 8.53. The number of hydrogen-bond donors (Lipinski definition) is 0. The van der Waals surface area contributed by atoms with Crippen molar-refractivity contribution in [1.82, 2.24) is 0 Å². The molecule has 0 saturated carbocycles. The fourth-order valence-electron chi connectivity index (χ4n) is 0.852. The number of hydrogen-bond acceptors (Lipinski definition) is 3. The highest BCUT2D eigenvalue weighted by atomic mass is 16.7. The highest BCUT2D eigenvalue weighted by Crippen LogP contribution is 2.20. The summed E-state index contributed by atoms with van der Waals surface area (Å²) in [6.07, 6.45) is 0.594. The van der Waals surface area contributed by atoms with Crippen molar-refractivity contribution in [3.63, 3.8) is 0 Å². The van der Waals surface area contributed by atoms with Crippen LogP contribution in [0.5, 0.6) is 0 Å². The van der Waals surface area contributed by atoms with Crippen molar-refractivity contribution in [3.05, 3.63) is 0 Å². The molecule has 0 aromatic carbocycles. The number of rotatable bonds is 4. The summed E-state index contributed by atoms with van der Waals surface area (Å²) in [6, 6.07) is 2.13. The first-order valence-electron chi connectivity index (χ1n) is 3.58. The molecule has 0 radical (unpaired) electrons. The number of nitrogens with zero attached hydrogens (tertiary/aromatic N) is 1. The molecule has 11 heavy (non-hydrogen) atoms. The average molecular weight is 157 g/mol. The minimum absolute atomic E-state index is 0.0418. The van der Waals surface area contributed by atoms with E-state index in [0.717, 1.165) is 0 Å². The van der Waals surface area contributed by atoms with Crippen LogP contribution in [0.1, 0.15) is 20.3 Å². The van der Waals surface area contributed by atoms with E-state index < -0.39 is 5.79 Å². The van der Waals surface area contributed by atoms with Crippen molar-refractivity contribution in [2.75, 3.05) is 14.2 Å². The first-order valence-corrected chi connectivity index (χ1v) is 3.58. The van der Waals surface area contributed by atoms with Gasteiger partial charge >= 0.3 is 0 Å². The van der Waals surface area contributed by atoms with Gasteiger partial charge in [-0.15, -0.1) is 0 Å². The molecule has 0 rings (SSSR count). The molecule has 1 unspecified atom stereocenters. The predicted molar refractivity (Wildman–Crippen MR) is 41.8 cm³/mol. The lowest BCUT2D eigenvalue weighted by molar-refractivity contribution is -0.200. The fourth-order valence-corrected chi connectivity index (χ4v) is 0.852. The number of nitriles is 1. The largest absolute Gasteiger partial charge is 0.353 e. The Balaban J connectivity index is 3.99. The summed E-state index contributed by atoms with van der Waals surface area (Å²) in [7, 11) is 3.15. The van der Waals surface area contributed by atoms with Gasteiger partial charge in [0.15, 0.2) is 5.79 Å². The molecule has 3 nitrogen and oxygen atoms in total. The summed E-state index contributed by atoms with van der Waals surface area (Å²) in [6.45, 7) is 3.66. The molecular formula is C8H15NO2. The average Bonchev–Trinajstić information content (AvgIpc) is 2.04. The highest BCUT2D eigenvalue weighted by Gasteiger charge is 2.25. The summed E-state index contributed by atoms with van der Waals surface area (Å²) in [5.41, 5.74) is 0. The highest BCUT2D eigenvalue weighted by molar-refractivity contribution is 4.82. The number of ether oxygens (including phenoxy) is 2. The van der Waals surface area contributed by atoms with Crippen molar-refractivity contribution < 1.29 is 9.47 Å². The smallest absolute Gasteiger partial charge is 0.165 e. The summed E-state index contributed by atoms with van der Waals surface area (Å²) in [4.78, 5) is 0. The van der Waals surface area contributed by atoms with Crippen molar-refractivity contribution in [2.24, 2.45) is 5.92 Å². The van der Waals surface area contributed by atoms with Crippen molar-refractivity contribution in [1.29, 1.82) is 5.26 Å². The topological polar surface area (TPSA) is 42.2 Å². The van der Waals surface area contributed by atoms with Crippen molar-refractivity contribution in [3.8, 4) is 6.07 Å². The Morgan fingerprint density at radius 2 is 1.91 bits per heavy atom. The molecule has 0 aliphatic carbocycles. The van der Waals surface area contributed by atoms with Gasteiger partial charge in [-0.1, -0.05) is 0 Å². The van der Waals surface area contributed by atoms with E-state index in [1.807, 2.05) is 13.8 Å². The lowest BCUT2D eigenvalue weighted by Crippen LogP contribution is -2.31. The first-order chi connectivity index (χ1) is 5.08. The van der Waals surface area contributed by atoms with E-state index in [-0.39, 0.29) is 5.92 Å². The van der Waals surface area contributed by atoms with E-state index in [1.165, 1.54) is 0 Å². The van der Waals surface area contributed by atoms with E-state index >= 15 is 0 Å². The molecule has 0 saturated heterocycles. The maximum absolute atomic E-state index is 8.53. The second-order valence-corrected chi connectivity index (χ2v) is 2.78. The molecule has 0 heterocycles. The van der Waals surface area contributed by atoms with Crippen LogP contribution in [0.15, 0.2) is 0 Å². The molecule has 64 valence electrons. The molecule has 0 fully saturated rings. The summed E-state index contributed by atoms with van der Waals surface area (Å²) in [5.74, 6) is -0.658. The maximum Gasteiger partial charge on any atom is 0.165 e. The molecule has 1 atom stereocenters. The molecule has 0 aliphatic rings. The Kier molecular flexibility index (Phi) is 4.09. The third-order valence-corrected chi connectivity index (χ3v) is 1.76. The lowest BCUT2D eigenvalue weighted by atomic mass is 10.0. The van der Waals surface area contributed by atoms with Crippen LogP contribution in [-0.4, -0.2) is 20.0 Å². The van der Waals surface area contributed by atoms with Crippen LogP contribution in [0.2, 0.25) is 0 Å². The van der Waals surface area contributed by atoms with Gasteiger partial charge in [0, 0.05) is 26.6 Å². The van der Waals surface area contributed by atoms with Gasteiger partial charge in [0.1, 0.15) is 0 Å². The van der Waals surface area contributed by atoms with Crippen LogP contribution in [0.4, 0.5) is 0 Å². The molecule has 0 aromatic heterocycles. The van der Waals surface area contributed by atoms with Crippen LogP contribution >= 0.6 is 0 Å². The van der Waals surface area contributed by atoms with Crippen molar-refractivity contribution >= 4 is 0 Å². The van der Waals surface area contributed by atoms with Gasteiger partial charge in [0.05, 0.1) is 6.07 Å². The van der Waals surface area contributed by atoms with Gasteiger partial charge in [0.25, 0.3) is 0 Å². The lowest BCUT2D eigenvalue weighted by Gasteiger charge is -2.27. The Morgan fingerprint density at radius 3 is 2.18 bits per heavy atom. The molecule has 0 aromatic rings. The fraction of sp³-hybridized carbons (Fsp3) is 0.875. The predicted octanol–water partition coefficient (Wildman–Crippen LogP) is 1.55. The van der Waals surface area contributed by atoms with E-state index in [4.69, 9.17) is 14.7 Å². The van der Waals surface area contributed by atoms with Crippen LogP contribution in [0.25, 0.3) is 0 Å². The zero-order chi connectivity index (χ0) is 8.91. The number of methoxy groups -OCH3 is 2. The minimum Gasteiger partial charge on any atom is -0.353 e. The third-order valence-electron chi connectivity index (χ3n) is 1.76. The summed E-state index contributed by atoms with van der Waals surface area (Å²) >= 11 is 0. The minimum atomic E-state index is -0.616. The standard InChI is InChI=1S/C8H15NO2/c1-7(6-9)5-8(2,10-3)11-4/h7H,5H2,1-4H3. The van der Waals surface area contributed by atoms with Gasteiger partial charge in [-0.25, -0.2) is 0 Å². The van der Waals surface area contributed by atoms with Gasteiger partial charge in [-0.3, -0.25) is 0 Å². The molecule has 0 bridgehead atoms. The Labute approximate surface area is 67.9 Å². The van der Waals surface area contributed by atoms with Crippen LogP contribution < -0.4 is 0 Å². The second kappa shape index (κ2) is 4.32. The van der Waals surface area contributed by atoms with Gasteiger partial charge < -0.3 is 9.47 Å². The molecule has 0 N–H and O–H groups in total. The molecule has 0 aliphatic heterocycles. The van der Waals surface area contributed by atoms with Gasteiger partial charge in [-0.2, -0.15) is 5.26 Å². The monoisotopic (exact) mass is 157 g/mol. The Morgan fingerprint density at radius 1 is 1.45 bits per heavy atom.